The molecule has 17 heavy (non-hydrogen) atoms. The van der Waals surface area contributed by atoms with Gasteiger partial charge in [-0.25, -0.2) is 0 Å². The highest BCUT2D eigenvalue weighted by atomic mass is 16.4. The van der Waals surface area contributed by atoms with E-state index in [9.17, 15) is 0 Å². The minimum atomic E-state index is 0.130. The first-order chi connectivity index (χ1) is 8.04. The summed E-state index contributed by atoms with van der Waals surface area (Å²) >= 11 is 0. The van der Waals surface area contributed by atoms with Gasteiger partial charge in [-0.3, -0.25) is 0 Å². The zero-order valence-electron chi connectivity index (χ0n) is 10.6. The standard InChI is InChI=1S/C13H21N3O/c1-9(2)11-6-4-5-7-12(11)15-10(3)8-13(14)16-17/h4-7,9-10,15,17H,8H2,1-3H3,(H2,14,16). The number of amidine groups is 1. The molecule has 4 heteroatoms. The van der Waals surface area contributed by atoms with Crippen molar-refractivity contribution in [2.24, 2.45) is 10.9 Å². The van der Waals surface area contributed by atoms with Crippen LogP contribution in [0.1, 0.15) is 38.7 Å². The largest absolute Gasteiger partial charge is 0.409 e. The third-order valence-electron chi connectivity index (χ3n) is 2.63. The minimum absolute atomic E-state index is 0.130. The monoisotopic (exact) mass is 235 g/mol. The summed E-state index contributed by atoms with van der Waals surface area (Å²) in [4.78, 5) is 0. The van der Waals surface area contributed by atoms with Crippen LogP contribution in [0.5, 0.6) is 0 Å². The molecule has 0 amide bonds. The van der Waals surface area contributed by atoms with E-state index in [1.54, 1.807) is 0 Å². The molecule has 1 atom stereocenters. The minimum Gasteiger partial charge on any atom is -0.409 e. The number of nitrogens with zero attached hydrogens (tertiary/aromatic N) is 1. The zero-order valence-corrected chi connectivity index (χ0v) is 10.6. The van der Waals surface area contributed by atoms with E-state index in [2.05, 4.69) is 36.5 Å². The molecular formula is C13H21N3O. The Morgan fingerprint density at radius 2 is 2.00 bits per heavy atom. The molecule has 1 unspecified atom stereocenters. The smallest absolute Gasteiger partial charge is 0.141 e. The molecule has 0 aliphatic heterocycles. The molecule has 0 bridgehead atoms. The van der Waals surface area contributed by atoms with Crippen LogP contribution >= 0.6 is 0 Å². The van der Waals surface area contributed by atoms with Gasteiger partial charge in [0.25, 0.3) is 0 Å². The topological polar surface area (TPSA) is 70.6 Å². The fourth-order valence-corrected chi connectivity index (χ4v) is 1.80. The molecule has 0 aromatic heterocycles. The van der Waals surface area contributed by atoms with Gasteiger partial charge in [0.1, 0.15) is 5.84 Å². The Kier molecular flexibility index (Phi) is 4.82. The van der Waals surface area contributed by atoms with Gasteiger partial charge < -0.3 is 16.3 Å². The van der Waals surface area contributed by atoms with Gasteiger partial charge in [0.2, 0.25) is 0 Å². The molecule has 4 N–H and O–H groups in total. The van der Waals surface area contributed by atoms with Crippen molar-refractivity contribution in [1.29, 1.82) is 0 Å². The summed E-state index contributed by atoms with van der Waals surface area (Å²) in [6.07, 6.45) is 0.517. The molecule has 0 aliphatic carbocycles. The number of nitrogens with two attached hydrogens (primary N) is 1. The van der Waals surface area contributed by atoms with Crippen LogP contribution in [0.2, 0.25) is 0 Å². The molecule has 0 fully saturated rings. The van der Waals surface area contributed by atoms with Crippen LogP contribution in [0.25, 0.3) is 0 Å². The maximum absolute atomic E-state index is 8.53. The first-order valence-electron chi connectivity index (χ1n) is 5.86. The molecule has 1 aromatic rings. The van der Waals surface area contributed by atoms with Crippen LogP contribution in [0, 0.1) is 0 Å². The van der Waals surface area contributed by atoms with Crippen molar-refractivity contribution in [1.82, 2.24) is 0 Å². The second-order valence-corrected chi connectivity index (χ2v) is 4.58. The van der Waals surface area contributed by atoms with Crippen LogP contribution in [-0.2, 0) is 0 Å². The maximum atomic E-state index is 8.53. The molecule has 4 nitrogen and oxygen atoms in total. The molecule has 0 heterocycles. The highest BCUT2D eigenvalue weighted by Gasteiger charge is 2.09. The van der Waals surface area contributed by atoms with Crippen molar-refractivity contribution < 1.29 is 5.21 Å². The fourth-order valence-electron chi connectivity index (χ4n) is 1.80. The summed E-state index contributed by atoms with van der Waals surface area (Å²) in [6, 6.07) is 8.34. The van der Waals surface area contributed by atoms with Gasteiger partial charge in [-0.15, -0.1) is 0 Å². The lowest BCUT2D eigenvalue weighted by atomic mass is 10.0. The third-order valence-corrected chi connectivity index (χ3v) is 2.63. The predicted molar refractivity (Wildman–Crippen MR) is 71.6 cm³/mol. The van der Waals surface area contributed by atoms with Gasteiger partial charge >= 0.3 is 0 Å². The average Bonchev–Trinajstić information content (AvgIpc) is 2.29. The number of benzene rings is 1. The summed E-state index contributed by atoms with van der Waals surface area (Å²) < 4.78 is 0. The number of para-hydroxylation sites is 1. The van der Waals surface area contributed by atoms with E-state index in [4.69, 9.17) is 10.9 Å². The summed E-state index contributed by atoms with van der Waals surface area (Å²) in [5.41, 5.74) is 7.87. The van der Waals surface area contributed by atoms with E-state index in [1.165, 1.54) is 5.56 Å². The Balaban J connectivity index is 2.74. The molecular weight excluding hydrogens is 214 g/mol. The first-order valence-corrected chi connectivity index (χ1v) is 5.86. The lowest BCUT2D eigenvalue weighted by molar-refractivity contribution is 0.316. The average molecular weight is 235 g/mol. The number of oxime groups is 1. The molecule has 0 saturated heterocycles. The third kappa shape index (κ3) is 3.98. The van der Waals surface area contributed by atoms with Gasteiger partial charge in [0.15, 0.2) is 0 Å². The van der Waals surface area contributed by atoms with E-state index >= 15 is 0 Å². The molecule has 1 aromatic carbocycles. The summed E-state index contributed by atoms with van der Waals surface area (Å²) in [5, 5.41) is 14.9. The molecule has 0 saturated carbocycles. The second-order valence-electron chi connectivity index (χ2n) is 4.58. The summed E-state index contributed by atoms with van der Waals surface area (Å²) in [5.74, 6) is 0.710. The number of nitrogens with one attached hydrogen (secondary N) is 1. The van der Waals surface area contributed by atoms with E-state index in [0.29, 0.717) is 12.3 Å². The molecule has 0 spiro atoms. The molecule has 0 aliphatic rings. The Bertz CT molecular complexity index is 388. The van der Waals surface area contributed by atoms with Crippen LogP contribution < -0.4 is 11.1 Å². The zero-order chi connectivity index (χ0) is 12.8. The van der Waals surface area contributed by atoms with Crippen LogP contribution in [-0.4, -0.2) is 17.1 Å². The van der Waals surface area contributed by atoms with Crippen LogP contribution in [0.4, 0.5) is 5.69 Å². The van der Waals surface area contributed by atoms with Gasteiger partial charge in [-0.2, -0.15) is 0 Å². The van der Waals surface area contributed by atoms with Crippen molar-refractivity contribution in [3.63, 3.8) is 0 Å². The van der Waals surface area contributed by atoms with Crippen molar-refractivity contribution in [2.75, 3.05) is 5.32 Å². The lowest BCUT2D eigenvalue weighted by Gasteiger charge is -2.19. The van der Waals surface area contributed by atoms with Crippen LogP contribution in [0.15, 0.2) is 29.4 Å². The van der Waals surface area contributed by atoms with Gasteiger partial charge in [-0.1, -0.05) is 37.2 Å². The van der Waals surface area contributed by atoms with Gasteiger partial charge in [0.05, 0.1) is 0 Å². The van der Waals surface area contributed by atoms with Gasteiger partial charge in [0, 0.05) is 18.2 Å². The maximum Gasteiger partial charge on any atom is 0.141 e. The Hall–Kier alpha value is -1.71. The molecule has 1 rings (SSSR count). The normalized spacial score (nSPS) is 13.8. The summed E-state index contributed by atoms with van der Waals surface area (Å²) in [7, 11) is 0. The van der Waals surface area contributed by atoms with Crippen molar-refractivity contribution >= 4 is 11.5 Å². The van der Waals surface area contributed by atoms with Crippen molar-refractivity contribution in [2.45, 2.75) is 39.2 Å². The van der Waals surface area contributed by atoms with E-state index < -0.39 is 0 Å². The Morgan fingerprint density at radius 3 is 2.59 bits per heavy atom. The van der Waals surface area contributed by atoms with E-state index in [-0.39, 0.29) is 11.9 Å². The van der Waals surface area contributed by atoms with E-state index in [1.807, 2.05) is 19.1 Å². The van der Waals surface area contributed by atoms with Crippen molar-refractivity contribution in [3.05, 3.63) is 29.8 Å². The number of anilines is 1. The first kappa shape index (κ1) is 13.4. The van der Waals surface area contributed by atoms with E-state index in [0.717, 1.165) is 5.69 Å². The molecule has 0 radical (unpaired) electrons. The Labute approximate surface area is 103 Å². The second kappa shape index (κ2) is 6.13. The SMILES string of the molecule is CC(C/C(N)=N/O)Nc1ccccc1C(C)C. The number of hydrogen-bond acceptors (Lipinski definition) is 3. The highest BCUT2D eigenvalue weighted by molar-refractivity contribution is 5.80. The number of rotatable bonds is 5. The molecule has 94 valence electrons. The highest BCUT2D eigenvalue weighted by Crippen LogP contribution is 2.24. The number of hydrogen-bond donors (Lipinski definition) is 3. The fraction of sp³-hybridized carbons (Fsp3) is 0.462. The lowest BCUT2D eigenvalue weighted by Crippen LogP contribution is -2.24. The quantitative estimate of drug-likeness (QED) is 0.318. The van der Waals surface area contributed by atoms with Crippen molar-refractivity contribution in [3.8, 4) is 0 Å². The van der Waals surface area contributed by atoms with Gasteiger partial charge in [-0.05, 0) is 24.5 Å². The van der Waals surface area contributed by atoms with Crippen LogP contribution in [0.3, 0.4) is 0 Å². The summed E-state index contributed by atoms with van der Waals surface area (Å²) in [6.45, 7) is 6.33. The predicted octanol–water partition coefficient (Wildman–Crippen LogP) is 2.75. The Morgan fingerprint density at radius 1 is 1.35 bits per heavy atom.